The lowest BCUT2D eigenvalue weighted by Crippen LogP contribution is -2.16. The summed E-state index contributed by atoms with van der Waals surface area (Å²) in [5.74, 6) is 0. The van der Waals surface area contributed by atoms with Gasteiger partial charge in [0.1, 0.15) is 12.9 Å². The minimum absolute atomic E-state index is 0.156. The number of carbonyl (C=O) groups is 1. The second-order valence-electron chi connectivity index (χ2n) is 3.14. The van der Waals surface area contributed by atoms with Crippen LogP contribution in [-0.4, -0.2) is 25.7 Å². The fraction of sp³-hybridized carbons (Fsp3) is 0.545. The third kappa shape index (κ3) is 9.45. The van der Waals surface area contributed by atoms with E-state index in [0.717, 1.165) is 12.8 Å². The molecule has 0 saturated carbocycles. The van der Waals surface area contributed by atoms with Crippen LogP contribution in [0.3, 0.4) is 0 Å². The number of allylic oxidation sites excluding steroid dienone is 3. The molecule has 0 aromatic heterocycles. The molecule has 0 N–H and O–H groups in total. The Labute approximate surface area is 92.8 Å². The second kappa shape index (κ2) is 8.10. The van der Waals surface area contributed by atoms with Gasteiger partial charge in [0.2, 0.25) is 0 Å². The second-order valence-corrected chi connectivity index (χ2v) is 3.14. The molecule has 0 amide bonds. The minimum Gasteiger partial charge on any atom is -0.368 e. The van der Waals surface area contributed by atoms with Crippen molar-refractivity contribution in [2.24, 2.45) is 0 Å². The molecule has 92 valence electrons. The average molecular weight is 236 g/mol. The third-order valence-corrected chi connectivity index (χ3v) is 1.59. The van der Waals surface area contributed by atoms with Crippen molar-refractivity contribution in [3.05, 3.63) is 23.8 Å². The lowest BCUT2D eigenvalue weighted by atomic mass is 10.2. The molecule has 0 aliphatic rings. The van der Waals surface area contributed by atoms with Crippen LogP contribution in [0.4, 0.5) is 13.2 Å². The highest BCUT2D eigenvalue weighted by Gasteiger charge is 2.26. The summed E-state index contributed by atoms with van der Waals surface area (Å²) in [6, 6.07) is 0. The SMILES string of the molecule is CCC/C=C(C=O)\C=C/COCC(F)(F)F. The Balaban J connectivity index is 3.85. The van der Waals surface area contributed by atoms with Crippen LogP contribution in [0.15, 0.2) is 23.8 Å². The van der Waals surface area contributed by atoms with Crippen LogP contribution in [0.2, 0.25) is 0 Å². The smallest absolute Gasteiger partial charge is 0.368 e. The fourth-order valence-corrected chi connectivity index (χ4v) is 0.893. The highest BCUT2D eigenvalue weighted by molar-refractivity contribution is 5.77. The van der Waals surface area contributed by atoms with Crippen molar-refractivity contribution in [1.29, 1.82) is 0 Å². The molecular formula is C11H15F3O2. The van der Waals surface area contributed by atoms with Gasteiger partial charge in [0.05, 0.1) is 6.61 Å². The molecule has 0 aliphatic carbocycles. The van der Waals surface area contributed by atoms with Gasteiger partial charge >= 0.3 is 6.18 Å². The summed E-state index contributed by atoms with van der Waals surface area (Å²) >= 11 is 0. The molecule has 0 spiro atoms. The van der Waals surface area contributed by atoms with Gasteiger partial charge in [-0.3, -0.25) is 4.79 Å². The van der Waals surface area contributed by atoms with Crippen molar-refractivity contribution >= 4 is 6.29 Å². The van der Waals surface area contributed by atoms with Crippen molar-refractivity contribution < 1.29 is 22.7 Å². The van der Waals surface area contributed by atoms with Crippen LogP contribution < -0.4 is 0 Å². The van der Waals surface area contributed by atoms with Gasteiger partial charge in [0.15, 0.2) is 0 Å². The molecule has 0 heterocycles. The van der Waals surface area contributed by atoms with E-state index < -0.39 is 12.8 Å². The maximum absolute atomic E-state index is 11.7. The summed E-state index contributed by atoms with van der Waals surface area (Å²) in [5, 5.41) is 0. The first-order valence-electron chi connectivity index (χ1n) is 4.96. The fourth-order valence-electron chi connectivity index (χ4n) is 0.893. The van der Waals surface area contributed by atoms with Crippen LogP contribution in [-0.2, 0) is 9.53 Å². The van der Waals surface area contributed by atoms with Gasteiger partial charge in [0, 0.05) is 5.57 Å². The predicted molar refractivity (Wildman–Crippen MR) is 55.1 cm³/mol. The molecule has 0 fully saturated rings. The molecule has 5 heteroatoms. The molecule has 0 aromatic rings. The highest BCUT2D eigenvalue weighted by atomic mass is 19.4. The number of ether oxygens (including phenoxy) is 1. The normalized spacial score (nSPS) is 13.4. The monoisotopic (exact) mass is 236 g/mol. The Morgan fingerprint density at radius 1 is 1.38 bits per heavy atom. The first kappa shape index (κ1) is 14.9. The Hall–Kier alpha value is -1.10. The zero-order valence-corrected chi connectivity index (χ0v) is 9.09. The van der Waals surface area contributed by atoms with Gasteiger partial charge in [-0.05, 0) is 6.42 Å². The molecule has 0 saturated heterocycles. The Morgan fingerprint density at radius 3 is 2.56 bits per heavy atom. The van der Waals surface area contributed by atoms with Crippen LogP contribution in [0.1, 0.15) is 19.8 Å². The summed E-state index contributed by atoms with van der Waals surface area (Å²) in [7, 11) is 0. The van der Waals surface area contributed by atoms with E-state index in [0.29, 0.717) is 11.9 Å². The maximum atomic E-state index is 11.7. The van der Waals surface area contributed by atoms with Crippen molar-refractivity contribution in [2.45, 2.75) is 25.9 Å². The van der Waals surface area contributed by atoms with E-state index in [-0.39, 0.29) is 6.61 Å². The standard InChI is InChI=1S/C11H15F3O2/c1-2-3-5-10(8-15)6-4-7-16-9-11(12,13)14/h4-6,8H,2-3,7,9H2,1H3/b6-4-,10-5+. The number of halogens is 3. The first-order chi connectivity index (χ1) is 7.49. The average Bonchev–Trinajstić information content (AvgIpc) is 2.20. The van der Waals surface area contributed by atoms with Gasteiger partial charge < -0.3 is 4.74 Å². The summed E-state index contributed by atoms with van der Waals surface area (Å²) in [6.07, 6.45) is 2.61. The van der Waals surface area contributed by atoms with Crippen LogP contribution >= 0.6 is 0 Å². The van der Waals surface area contributed by atoms with E-state index in [2.05, 4.69) is 4.74 Å². The zero-order chi connectivity index (χ0) is 12.4. The molecule has 0 aliphatic heterocycles. The summed E-state index contributed by atoms with van der Waals surface area (Å²) in [4.78, 5) is 10.5. The van der Waals surface area contributed by atoms with E-state index in [1.54, 1.807) is 6.08 Å². The molecule has 0 atom stereocenters. The van der Waals surface area contributed by atoms with Gasteiger partial charge in [-0.1, -0.05) is 31.6 Å². The largest absolute Gasteiger partial charge is 0.411 e. The zero-order valence-electron chi connectivity index (χ0n) is 9.09. The number of hydrogen-bond donors (Lipinski definition) is 0. The number of hydrogen-bond acceptors (Lipinski definition) is 2. The summed E-state index contributed by atoms with van der Waals surface area (Å²) in [6.45, 7) is 0.540. The van der Waals surface area contributed by atoms with Gasteiger partial charge in [-0.2, -0.15) is 13.2 Å². The number of alkyl halides is 3. The van der Waals surface area contributed by atoms with Crippen molar-refractivity contribution in [3.63, 3.8) is 0 Å². The Kier molecular flexibility index (Phi) is 7.54. The first-order valence-corrected chi connectivity index (χ1v) is 4.96. The summed E-state index contributed by atoms with van der Waals surface area (Å²) in [5.41, 5.74) is 0.456. The van der Waals surface area contributed by atoms with Crippen molar-refractivity contribution in [3.8, 4) is 0 Å². The van der Waals surface area contributed by atoms with E-state index in [9.17, 15) is 18.0 Å². The molecule has 0 rings (SSSR count). The van der Waals surface area contributed by atoms with E-state index in [1.807, 2.05) is 6.92 Å². The van der Waals surface area contributed by atoms with Crippen molar-refractivity contribution in [1.82, 2.24) is 0 Å². The van der Waals surface area contributed by atoms with Crippen LogP contribution in [0.25, 0.3) is 0 Å². The summed E-state index contributed by atoms with van der Waals surface area (Å²) < 4.78 is 39.3. The predicted octanol–water partition coefficient (Wildman–Crippen LogP) is 3.05. The molecule has 0 bridgehead atoms. The van der Waals surface area contributed by atoms with Gasteiger partial charge in [0.25, 0.3) is 0 Å². The Morgan fingerprint density at radius 2 is 2.06 bits per heavy atom. The quantitative estimate of drug-likeness (QED) is 0.294. The van der Waals surface area contributed by atoms with E-state index in [4.69, 9.17) is 0 Å². The van der Waals surface area contributed by atoms with Gasteiger partial charge in [-0.25, -0.2) is 0 Å². The molecule has 0 radical (unpaired) electrons. The molecule has 0 aromatic carbocycles. The minimum atomic E-state index is -4.31. The number of carbonyl (C=O) groups excluding carboxylic acids is 1. The molecule has 16 heavy (non-hydrogen) atoms. The van der Waals surface area contributed by atoms with Crippen LogP contribution in [0.5, 0.6) is 0 Å². The number of unbranched alkanes of at least 4 members (excludes halogenated alkanes) is 1. The lowest BCUT2D eigenvalue weighted by molar-refractivity contribution is -0.171. The van der Waals surface area contributed by atoms with Crippen molar-refractivity contribution in [2.75, 3.05) is 13.2 Å². The third-order valence-electron chi connectivity index (χ3n) is 1.59. The topological polar surface area (TPSA) is 26.3 Å². The highest BCUT2D eigenvalue weighted by Crippen LogP contribution is 2.14. The number of rotatable bonds is 7. The molecular weight excluding hydrogens is 221 g/mol. The maximum Gasteiger partial charge on any atom is 0.411 e. The van der Waals surface area contributed by atoms with Gasteiger partial charge in [-0.15, -0.1) is 0 Å². The van der Waals surface area contributed by atoms with E-state index in [1.165, 1.54) is 12.2 Å². The molecule has 2 nitrogen and oxygen atoms in total. The lowest BCUT2D eigenvalue weighted by Gasteiger charge is -2.04. The number of aldehydes is 1. The van der Waals surface area contributed by atoms with Crippen LogP contribution in [0, 0.1) is 0 Å². The van der Waals surface area contributed by atoms with E-state index >= 15 is 0 Å². The Bertz CT molecular complexity index is 254. The molecule has 0 unspecified atom stereocenters.